The smallest absolute Gasteiger partial charge is 0.417 e. The average molecular weight is 368 g/mol. The average Bonchev–Trinajstić information content (AvgIpc) is 3.17. The highest BCUT2D eigenvalue weighted by Crippen LogP contribution is 2.28. The number of carboxylic acids is 1. The maximum atomic E-state index is 11.6. The number of aromatic nitrogens is 1. The lowest BCUT2D eigenvalue weighted by molar-refractivity contribution is -0.168. The zero-order valence-corrected chi connectivity index (χ0v) is 14.7. The van der Waals surface area contributed by atoms with Crippen molar-refractivity contribution in [3.63, 3.8) is 0 Å². The van der Waals surface area contributed by atoms with E-state index in [1.54, 1.807) is 31.3 Å². The molecule has 0 fully saturated rings. The Hall–Kier alpha value is -3.32. The molecule has 0 aliphatic rings. The highest BCUT2D eigenvalue weighted by molar-refractivity contribution is 6.28. The Morgan fingerprint density at radius 1 is 1.11 bits per heavy atom. The van der Waals surface area contributed by atoms with Crippen LogP contribution in [-0.2, 0) is 14.3 Å². The van der Waals surface area contributed by atoms with Gasteiger partial charge in [0.1, 0.15) is 11.9 Å². The van der Waals surface area contributed by atoms with Gasteiger partial charge < -0.3 is 19.6 Å². The second-order valence-corrected chi connectivity index (χ2v) is 5.94. The Kier molecular flexibility index (Phi) is 5.73. The Bertz CT molecular complexity index is 922. The summed E-state index contributed by atoms with van der Waals surface area (Å²) in [5.41, 5.74) is 1.63. The fourth-order valence-corrected chi connectivity index (χ4v) is 2.83. The summed E-state index contributed by atoms with van der Waals surface area (Å²) in [7, 11) is 1.73. The second kappa shape index (κ2) is 8.37. The Morgan fingerprint density at radius 2 is 1.89 bits per heavy atom. The van der Waals surface area contributed by atoms with Crippen LogP contribution in [0, 0.1) is 0 Å². The van der Waals surface area contributed by atoms with Gasteiger partial charge in [-0.05, 0) is 30.8 Å². The molecule has 0 aliphatic heterocycles. The van der Waals surface area contributed by atoms with Crippen molar-refractivity contribution < 1.29 is 24.2 Å². The van der Waals surface area contributed by atoms with Crippen LogP contribution in [-0.4, -0.2) is 35.3 Å². The van der Waals surface area contributed by atoms with Crippen LogP contribution in [0.5, 0.6) is 5.75 Å². The van der Waals surface area contributed by atoms with E-state index in [2.05, 4.69) is 10.3 Å². The quantitative estimate of drug-likeness (QED) is 0.337. The first-order chi connectivity index (χ1) is 13.1. The van der Waals surface area contributed by atoms with E-state index in [0.717, 1.165) is 10.9 Å². The van der Waals surface area contributed by atoms with Crippen LogP contribution in [0.15, 0.2) is 60.8 Å². The van der Waals surface area contributed by atoms with Gasteiger partial charge in [-0.3, -0.25) is 5.32 Å². The number of hydrogen-bond acceptors (Lipinski definition) is 5. The van der Waals surface area contributed by atoms with E-state index in [-0.39, 0.29) is 6.42 Å². The molecule has 0 bridgehead atoms. The Balaban J connectivity index is 1.81. The maximum absolute atomic E-state index is 11.6. The normalized spacial score (nSPS) is 13.1. The lowest BCUT2D eigenvalue weighted by Gasteiger charge is -2.24. The van der Waals surface area contributed by atoms with E-state index >= 15 is 0 Å². The summed E-state index contributed by atoms with van der Waals surface area (Å²) >= 11 is 0. The Morgan fingerprint density at radius 3 is 2.59 bits per heavy atom. The Labute approximate surface area is 155 Å². The summed E-state index contributed by atoms with van der Waals surface area (Å²) in [4.78, 5) is 25.6. The number of esters is 1. The van der Waals surface area contributed by atoms with Crippen LogP contribution in [0.1, 0.15) is 18.1 Å². The summed E-state index contributed by atoms with van der Waals surface area (Å²) in [6.45, 7) is 0. The van der Waals surface area contributed by atoms with E-state index in [4.69, 9.17) is 14.6 Å². The number of ether oxygens (including phenoxy) is 2. The summed E-state index contributed by atoms with van der Waals surface area (Å²) in [5.74, 6) is -2.26. The molecule has 7 heteroatoms. The highest BCUT2D eigenvalue weighted by atomic mass is 16.6. The fourth-order valence-electron chi connectivity index (χ4n) is 2.83. The molecule has 0 amide bonds. The molecule has 3 rings (SSSR count). The van der Waals surface area contributed by atoms with Gasteiger partial charge >= 0.3 is 11.9 Å². The molecule has 0 spiro atoms. The van der Waals surface area contributed by atoms with Gasteiger partial charge in [-0.2, -0.15) is 0 Å². The molecule has 1 aromatic heterocycles. The maximum Gasteiger partial charge on any atom is 0.417 e. The van der Waals surface area contributed by atoms with E-state index in [1.807, 2.05) is 36.5 Å². The minimum absolute atomic E-state index is 0.236. The SMILES string of the molecule is CNC(C[C@@H](OC(=O)C(=O)O)c1ccccc1)Oc1cccc2[nH]ccc12. The molecule has 2 aromatic carbocycles. The first-order valence-corrected chi connectivity index (χ1v) is 8.47. The first-order valence-electron chi connectivity index (χ1n) is 8.47. The fraction of sp³-hybridized carbons (Fsp3) is 0.200. The summed E-state index contributed by atoms with van der Waals surface area (Å²) in [6.07, 6.45) is 0.795. The molecular weight excluding hydrogens is 348 g/mol. The number of aromatic amines is 1. The number of hydrogen-bond donors (Lipinski definition) is 3. The van der Waals surface area contributed by atoms with Gasteiger partial charge in [0.2, 0.25) is 0 Å². The number of carbonyl (C=O) groups excluding carboxylic acids is 1. The van der Waals surface area contributed by atoms with Crippen LogP contribution in [0.25, 0.3) is 10.9 Å². The molecule has 140 valence electrons. The van der Waals surface area contributed by atoms with Crippen LogP contribution in [0.4, 0.5) is 0 Å². The molecule has 0 saturated heterocycles. The van der Waals surface area contributed by atoms with Crippen molar-refractivity contribution in [1.29, 1.82) is 0 Å². The van der Waals surface area contributed by atoms with Crippen molar-refractivity contribution in [2.45, 2.75) is 18.8 Å². The van der Waals surface area contributed by atoms with Gasteiger partial charge in [-0.15, -0.1) is 0 Å². The van der Waals surface area contributed by atoms with Gasteiger partial charge in [-0.1, -0.05) is 36.4 Å². The molecule has 7 nitrogen and oxygen atoms in total. The molecule has 0 saturated carbocycles. The van der Waals surface area contributed by atoms with E-state index in [9.17, 15) is 9.59 Å². The molecular formula is C20H20N2O5. The predicted octanol–water partition coefficient (Wildman–Crippen LogP) is 2.85. The lowest BCUT2D eigenvalue weighted by Crippen LogP contribution is -2.34. The minimum atomic E-state index is -1.63. The number of rotatable bonds is 7. The number of benzene rings is 2. The molecule has 0 radical (unpaired) electrons. The van der Waals surface area contributed by atoms with Crippen LogP contribution < -0.4 is 10.1 Å². The van der Waals surface area contributed by atoms with Gasteiger partial charge in [0.15, 0.2) is 6.23 Å². The molecule has 0 aliphatic carbocycles. The van der Waals surface area contributed by atoms with Crippen LogP contribution >= 0.6 is 0 Å². The predicted molar refractivity (Wildman–Crippen MR) is 99.3 cm³/mol. The second-order valence-electron chi connectivity index (χ2n) is 5.94. The molecule has 3 aromatic rings. The third kappa shape index (κ3) is 4.45. The monoisotopic (exact) mass is 368 g/mol. The summed E-state index contributed by atoms with van der Waals surface area (Å²) in [6, 6.07) is 16.6. The highest BCUT2D eigenvalue weighted by Gasteiger charge is 2.25. The standard InChI is InChI=1S/C20H20N2O5/c1-21-18(26-16-9-5-8-15-14(16)10-11-22-15)12-17(27-20(25)19(23)24)13-6-3-2-4-7-13/h2-11,17-18,21-22H,12H2,1H3,(H,23,24)/t17-,18?/m1/s1. The van der Waals surface area contributed by atoms with Gasteiger partial charge in [0, 0.05) is 23.5 Å². The van der Waals surface area contributed by atoms with Crippen molar-refractivity contribution in [2.75, 3.05) is 7.05 Å². The van der Waals surface area contributed by atoms with E-state index < -0.39 is 24.3 Å². The summed E-state index contributed by atoms with van der Waals surface area (Å²) < 4.78 is 11.2. The molecule has 3 N–H and O–H groups in total. The summed E-state index contributed by atoms with van der Waals surface area (Å²) in [5, 5.41) is 12.8. The molecule has 1 heterocycles. The van der Waals surface area contributed by atoms with Crippen molar-refractivity contribution in [1.82, 2.24) is 10.3 Å². The zero-order chi connectivity index (χ0) is 19.2. The molecule has 27 heavy (non-hydrogen) atoms. The van der Waals surface area contributed by atoms with E-state index in [1.165, 1.54) is 0 Å². The zero-order valence-electron chi connectivity index (χ0n) is 14.7. The largest absolute Gasteiger partial charge is 0.474 e. The van der Waals surface area contributed by atoms with Crippen molar-refractivity contribution >= 4 is 22.8 Å². The van der Waals surface area contributed by atoms with Crippen molar-refractivity contribution in [3.8, 4) is 5.75 Å². The number of H-pyrrole nitrogens is 1. The number of carbonyl (C=O) groups is 2. The van der Waals surface area contributed by atoms with Crippen LogP contribution in [0.2, 0.25) is 0 Å². The number of fused-ring (bicyclic) bond motifs is 1. The topological polar surface area (TPSA) is 101 Å². The van der Waals surface area contributed by atoms with Gasteiger partial charge in [-0.25, -0.2) is 9.59 Å². The number of carboxylic acid groups (broad SMARTS) is 1. The minimum Gasteiger partial charge on any atom is -0.474 e. The third-order valence-electron chi connectivity index (χ3n) is 4.17. The lowest BCUT2D eigenvalue weighted by atomic mass is 10.1. The molecule has 1 unspecified atom stereocenters. The first kappa shape index (κ1) is 18.5. The van der Waals surface area contributed by atoms with Gasteiger partial charge in [0.25, 0.3) is 0 Å². The van der Waals surface area contributed by atoms with Crippen molar-refractivity contribution in [3.05, 3.63) is 66.4 Å². The molecule has 2 atom stereocenters. The van der Waals surface area contributed by atoms with E-state index in [0.29, 0.717) is 11.3 Å². The van der Waals surface area contributed by atoms with Crippen LogP contribution in [0.3, 0.4) is 0 Å². The number of aliphatic carboxylic acids is 1. The van der Waals surface area contributed by atoms with Crippen molar-refractivity contribution in [2.24, 2.45) is 0 Å². The van der Waals surface area contributed by atoms with Gasteiger partial charge in [0.05, 0.1) is 0 Å². The third-order valence-corrected chi connectivity index (χ3v) is 4.17. The number of nitrogens with one attached hydrogen (secondary N) is 2.